The van der Waals surface area contributed by atoms with E-state index in [1.54, 1.807) is 37.2 Å². The number of aromatic nitrogens is 5. The van der Waals surface area contributed by atoms with Gasteiger partial charge in [-0.25, -0.2) is 9.67 Å². The van der Waals surface area contributed by atoms with E-state index in [1.165, 1.54) is 4.57 Å². The Hall–Kier alpha value is -3.44. The molecule has 5 bridgehead atoms. The second kappa shape index (κ2) is 9.06. The maximum atomic E-state index is 13.8. The molecule has 11 heteroatoms. The van der Waals surface area contributed by atoms with Crippen molar-refractivity contribution in [2.75, 3.05) is 31.6 Å². The summed E-state index contributed by atoms with van der Waals surface area (Å²) in [4.78, 5) is 34.4. The molecule has 1 N–H and O–H groups in total. The van der Waals surface area contributed by atoms with Crippen LogP contribution in [0.3, 0.4) is 0 Å². The number of pyridine rings is 1. The molecule has 0 radical (unpaired) electrons. The van der Waals surface area contributed by atoms with Crippen molar-refractivity contribution < 1.29 is 9.53 Å². The van der Waals surface area contributed by atoms with Crippen LogP contribution in [0.5, 0.6) is 5.88 Å². The number of hydrogen-bond acceptors (Lipinski definition) is 6. The second-order valence-electron chi connectivity index (χ2n) is 11.2. The van der Waals surface area contributed by atoms with Crippen LogP contribution in [0.2, 0.25) is 0 Å². The highest BCUT2D eigenvalue weighted by atomic mass is 79.9. The third kappa shape index (κ3) is 4.01. The first-order valence-corrected chi connectivity index (χ1v) is 14.2. The van der Waals surface area contributed by atoms with Gasteiger partial charge in [0.05, 0.1) is 39.5 Å². The molecule has 8 rings (SSSR count). The summed E-state index contributed by atoms with van der Waals surface area (Å²) in [5, 5.41) is 7.50. The molecule has 1 saturated carbocycles. The number of nitrogens with zero attached hydrogens (tertiary/aromatic N) is 6. The highest BCUT2D eigenvalue weighted by Crippen LogP contribution is 2.45. The quantitative estimate of drug-likeness (QED) is 0.334. The molecule has 3 fully saturated rings. The molecule has 39 heavy (non-hydrogen) atoms. The molecule has 3 aliphatic heterocycles. The summed E-state index contributed by atoms with van der Waals surface area (Å²) >= 11 is 3.65. The largest absolute Gasteiger partial charge is 0.476 e. The lowest BCUT2D eigenvalue weighted by atomic mass is 9.78. The van der Waals surface area contributed by atoms with Gasteiger partial charge < -0.3 is 13.9 Å². The Morgan fingerprint density at radius 1 is 1.13 bits per heavy atom. The van der Waals surface area contributed by atoms with Gasteiger partial charge in [0.15, 0.2) is 0 Å². The number of anilines is 1. The summed E-state index contributed by atoms with van der Waals surface area (Å²) in [5.74, 6) is 1.38. The van der Waals surface area contributed by atoms with Crippen LogP contribution in [0.4, 0.5) is 5.95 Å². The lowest BCUT2D eigenvalue weighted by Gasteiger charge is -2.40. The Balaban J connectivity index is 1.44. The average Bonchev–Trinajstić information content (AvgIpc) is 3.32. The number of carbonyl (C=O) groups excluding carboxylic acids is 1. The molecule has 6 heterocycles. The standard InChI is InChI=1S/C28H30BrN7O3/c1-33-15-18-11-20(25(33)38)21-13-30-34(2)26(21)39-10-9-35-14-17-5-7-28(16-35,8-6-17)36-23-12-19(29)3-4-22(23)31-27(36)32-24(18)37/h3-4,11-13,15,17H,5-10,14,16H2,1-2H3,(H,31,32,37). The minimum Gasteiger partial charge on any atom is -0.476 e. The Morgan fingerprint density at radius 3 is 2.77 bits per heavy atom. The minimum absolute atomic E-state index is 0.211. The lowest BCUT2D eigenvalue weighted by Crippen LogP contribution is -2.45. The van der Waals surface area contributed by atoms with E-state index < -0.39 is 0 Å². The molecular formula is C28H30BrN7O3. The molecule has 1 spiro atoms. The van der Waals surface area contributed by atoms with Crippen molar-refractivity contribution in [3.05, 3.63) is 57.0 Å². The molecule has 202 valence electrons. The van der Waals surface area contributed by atoms with Gasteiger partial charge >= 0.3 is 0 Å². The third-order valence-corrected chi connectivity index (χ3v) is 9.15. The summed E-state index contributed by atoms with van der Waals surface area (Å²) in [6.45, 7) is 3.08. The fourth-order valence-electron chi connectivity index (χ4n) is 6.73. The first-order chi connectivity index (χ1) is 18.8. The van der Waals surface area contributed by atoms with E-state index in [0.29, 0.717) is 41.0 Å². The summed E-state index contributed by atoms with van der Waals surface area (Å²) in [5.41, 5.74) is 2.71. The van der Waals surface area contributed by atoms with Gasteiger partial charge in [-0.2, -0.15) is 5.10 Å². The van der Waals surface area contributed by atoms with Gasteiger partial charge in [0, 0.05) is 44.4 Å². The SMILES string of the molecule is Cn1ncc2c1OCCN1CC3CCC(CC3)(C1)n1c(nc3ccc(Br)cc31)NC(=O)c1cc-2c(=O)n(C)c1. The van der Waals surface area contributed by atoms with Gasteiger partial charge in [0.25, 0.3) is 11.5 Å². The number of imidazole rings is 1. The monoisotopic (exact) mass is 591 g/mol. The zero-order chi connectivity index (χ0) is 26.9. The van der Waals surface area contributed by atoms with Crippen molar-refractivity contribution in [3.63, 3.8) is 0 Å². The van der Waals surface area contributed by atoms with E-state index in [4.69, 9.17) is 9.72 Å². The minimum atomic E-state index is -0.320. The van der Waals surface area contributed by atoms with Crippen LogP contribution in [0.15, 0.2) is 45.9 Å². The maximum absolute atomic E-state index is 13.8. The zero-order valence-corrected chi connectivity index (χ0v) is 23.6. The van der Waals surface area contributed by atoms with Crippen molar-refractivity contribution in [1.29, 1.82) is 0 Å². The Kier molecular flexibility index (Phi) is 5.71. The molecule has 1 unspecified atom stereocenters. The number of amides is 1. The van der Waals surface area contributed by atoms with Crippen LogP contribution in [-0.2, 0) is 19.6 Å². The molecule has 1 amide bonds. The van der Waals surface area contributed by atoms with E-state index in [1.807, 2.05) is 12.1 Å². The number of aryl methyl sites for hydroxylation is 2. The number of fused-ring (bicyclic) bond motifs is 9. The Morgan fingerprint density at radius 2 is 1.95 bits per heavy atom. The predicted molar refractivity (Wildman–Crippen MR) is 151 cm³/mol. The second-order valence-corrected chi connectivity index (χ2v) is 12.1. The van der Waals surface area contributed by atoms with Crippen LogP contribution < -0.4 is 15.6 Å². The highest BCUT2D eigenvalue weighted by Gasteiger charge is 2.44. The van der Waals surface area contributed by atoms with E-state index in [0.717, 1.165) is 60.8 Å². The van der Waals surface area contributed by atoms with E-state index in [-0.39, 0.29) is 17.0 Å². The van der Waals surface area contributed by atoms with Gasteiger partial charge in [-0.05, 0) is 55.9 Å². The Labute approximate surface area is 233 Å². The first kappa shape index (κ1) is 24.6. The number of nitrogens with one attached hydrogen (secondary N) is 1. The zero-order valence-electron chi connectivity index (χ0n) is 22.0. The smallest absolute Gasteiger partial charge is 0.259 e. The summed E-state index contributed by atoms with van der Waals surface area (Å²) in [6.07, 6.45) is 7.50. The van der Waals surface area contributed by atoms with E-state index >= 15 is 0 Å². The van der Waals surface area contributed by atoms with Gasteiger partial charge in [0.1, 0.15) is 6.61 Å². The number of hydrogen-bond donors (Lipinski definition) is 1. The fraction of sp³-hybridized carbons (Fsp3) is 0.429. The molecule has 1 aliphatic carbocycles. The van der Waals surface area contributed by atoms with Crippen molar-refractivity contribution in [1.82, 2.24) is 28.8 Å². The van der Waals surface area contributed by atoms with Gasteiger partial charge in [0.2, 0.25) is 11.8 Å². The van der Waals surface area contributed by atoms with Crippen LogP contribution in [-0.4, -0.2) is 60.9 Å². The van der Waals surface area contributed by atoms with E-state index in [9.17, 15) is 9.59 Å². The third-order valence-electron chi connectivity index (χ3n) is 8.65. The summed E-state index contributed by atoms with van der Waals surface area (Å²) in [6, 6.07) is 7.69. The number of halogens is 1. The van der Waals surface area contributed by atoms with Gasteiger partial charge in [-0.3, -0.25) is 19.8 Å². The molecule has 2 saturated heterocycles. The Bertz CT molecular complexity index is 1680. The van der Waals surface area contributed by atoms with Crippen LogP contribution >= 0.6 is 15.9 Å². The highest BCUT2D eigenvalue weighted by molar-refractivity contribution is 9.10. The average molecular weight is 592 g/mol. The molecule has 10 nitrogen and oxygen atoms in total. The van der Waals surface area contributed by atoms with Gasteiger partial charge in [-0.1, -0.05) is 15.9 Å². The first-order valence-electron chi connectivity index (χ1n) is 13.4. The topological polar surface area (TPSA) is 99.2 Å². The number of benzene rings is 1. The molecule has 1 aromatic carbocycles. The lowest BCUT2D eigenvalue weighted by molar-refractivity contribution is 0.102. The van der Waals surface area contributed by atoms with Crippen molar-refractivity contribution in [2.45, 2.75) is 31.2 Å². The van der Waals surface area contributed by atoms with Crippen LogP contribution in [0, 0.1) is 5.92 Å². The number of ether oxygens (including phenoxy) is 1. The van der Waals surface area contributed by atoms with Crippen LogP contribution in [0.25, 0.3) is 22.2 Å². The summed E-state index contributed by atoms with van der Waals surface area (Å²) < 4.78 is 12.6. The normalized spacial score (nSPS) is 24.6. The summed E-state index contributed by atoms with van der Waals surface area (Å²) in [7, 11) is 3.45. The number of carbonyl (C=O) groups is 1. The number of rotatable bonds is 0. The fourth-order valence-corrected chi connectivity index (χ4v) is 7.08. The molecule has 4 aliphatic rings. The van der Waals surface area contributed by atoms with Gasteiger partial charge in [-0.15, -0.1) is 0 Å². The molecule has 1 atom stereocenters. The van der Waals surface area contributed by atoms with Crippen LogP contribution in [0.1, 0.15) is 36.0 Å². The molecular weight excluding hydrogens is 562 g/mol. The maximum Gasteiger partial charge on any atom is 0.259 e. The van der Waals surface area contributed by atoms with Crippen molar-refractivity contribution in [2.24, 2.45) is 20.0 Å². The predicted octanol–water partition coefficient (Wildman–Crippen LogP) is 3.74. The van der Waals surface area contributed by atoms with Crippen molar-refractivity contribution >= 4 is 38.8 Å². The van der Waals surface area contributed by atoms with Crippen molar-refractivity contribution in [3.8, 4) is 17.0 Å². The van der Waals surface area contributed by atoms with E-state index in [2.05, 4.69) is 41.9 Å². The molecule has 3 aromatic heterocycles. The molecule has 4 aromatic rings.